The highest BCUT2D eigenvalue weighted by Gasteiger charge is 2.05. The van der Waals surface area contributed by atoms with E-state index in [1.165, 1.54) is 42.0 Å². The average molecular weight is 349 g/mol. The lowest BCUT2D eigenvalue weighted by atomic mass is 10.0. The van der Waals surface area contributed by atoms with Gasteiger partial charge in [0.05, 0.1) is 13.2 Å². The number of rotatable bonds is 11. The third-order valence-corrected chi connectivity index (χ3v) is 4.57. The van der Waals surface area contributed by atoms with Crippen LogP contribution >= 0.6 is 11.6 Å². The largest absolute Gasteiger partial charge is 0.494 e. The fourth-order valence-electron chi connectivity index (χ4n) is 2.94. The number of benzene rings is 2. The lowest BCUT2D eigenvalue weighted by Crippen LogP contribution is -1.98. The molecule has 0 aliphatic heterocycles. The summed E-state index contributed by atoms with van der Waals surface area (Å²) in [6, 6.07) is 10.5. The number of alkyl halides is 1. The van der Waals surface area contributed by atoms with E-state index in [1.54, 1.807) is 0 Å². The summed E-state index contributed by atoms with van der Waals surface area (Å²) in [4.78, 5) is 0. The van der Waals surface area contributed by atoms with Gasteiger partial charge in [0.15, 0.2) is 0 Å². The van der Waals surface area contributed by atoms with E-state index in [4.69, 9.17) is 21.1 Å². The van der Waals surface area contributed by atoms with Crippen LogP contribution in [0.15, 0.2) is 30.3 Å². The van der Waals surface area contributed by atoms with E-state index < -0.39 is 0 Å². The van der Waals surface area contributed by atoms with Crippen LogP contribution in [0.2, 0.25) is 0 Å². The predicted molar refractivity (Wildman–Crippen MR) is 104 cm³/mol. The van der Waals surface area contributed by atoms with Crippen molar-refractivity contribution < 1.29 is 9.47 Å². The van der Waals surface area contributed by atoms with Crippen LogP contribution in [0, 0.1) is 6.92 Å². The van der Waals surface area contributed by atoms with Gasteiger partial charge in [0.25, 0.3) is 0 Å². The molecule has 0 spiro atoms. The third-order valence-electron chi connectivity index (χ3n) is 4.31. The Bertz CT molecular complexity index is 625. The molecule has 0 N–H and O–H groups in total. The zero-order valence-corrected chi connectivity index (χ0v) is 15.7. The van der Waals surface area contributed by atoms with Crippen LogP contribution in [0.3, 0.4) is 0 Å². The van der Waals surface area contributed by atoms with Gasteiger partial charge in [-0.1, -0.05) is 37.8 Å². The van der Waals surface area contributed by atoms with E-state index in [9.17, 15) is 0 Å². The van der Waals surface area contributed by atoms with Crippen molar-refractivity contribution in [1.82, 2.24) is 0 Å². The van der Waals surface area contributed by atoms with Crippen LogP contribution in [0.5, 0.6) is 11.5 Å². The van der Waals surface area contributed by atoms with Crippen molar-refractivity contribution in [2.45, 2.75) is 52.4 Å². The van der Waals surface area contributed by atoms with Crippen LogP contribution < -0.4 is 9.47 Å². The van der Waals surface area contributed by atoms with Gasteiger partial charge in [-0.15, -0.1) is 11.6 Å². The molecule has 2 nitrogen and oxygen atoms in total. The molecule has 0 amide bonds. The number of aryl methyl sites for hydroxylation is 1. The highest BCUT2D eigenvalue weighted by molar-refractivity contribution is 6.17. The number of unbranched alkanes of at least 4 members (excludes halogenated alkanes) is 5. The van der Waals surface area contributed by atoms with Gasteiger partial charge in [0, 0.05) is 5.88 Å². The molecule has 0 aromatic heterocycles. The minimum absolute atomic E-state index is 0.694. The SMILES string of the molecule is CCOc1ccc2cc(OCCCCCCCCCl)ccc2c1C. The Balaban J connectivity index is 1.82. The third kappa shape index (κ3) is 5.59. The van der Waals surface area contributed by atoms with E-state index in [-0.39, 0.29) is 0 Å². The van der Waals surface area contributed by atoms with Crippen molar-refractivity contribution in [1.29, 1.82) is 0 Å². The molecule has 0 saturated carbocycles. The number of hydrogen-bond acceptors (Lipinski definition) is 2. The first-order valence-electron chi connectivity index (χ1n) is 9.11. The lowest BCUT2D eigenvalue weighted by Gasteiger charge is -2.12. The molecule has 0 unspecified atom stereocenters. The summed E-state index contributed by atoms with van der Waals surface area (Å²) in [6.07, 6.45) is 7.28. The fraction of sp³-hybridized carbons (Fsp3) is 0.524. The molecule has 2 aromatic carbocycles. The smallest absolute Gasteiger partial charge is 0.122 e. The summed E-state index contributed by atoms with van der Waals surface area (Å²) in [5.41, 5.74) is 1.19. The normalized spacial score (nSPS) is 11.0. The molecule has 0 heterocycles. The molecular weight excluding hydrogens is 320 g/mol. The Morgan fingerprint density at radius 1 is 0.875 bits per heavy atom. The first-order chi connectivity index (χ1) is 11.8. The molecule has 132 valence electrons. The quantitative estimate of drug-likeness (QED) is 0.340. The Labute approximate surface area is 151 Å². The topological polar surface area (TPSA) is 18.5 Å². The average Bonchev–Trinajstić information content (AvgIpc) is 2.60. The zero-order chi connectivity index (χ0) is 17.2. The van der Waals surface area contributed by atoms with Gasteiger partial charge < -0.3 is 9.47 Å². The Morgan fingerprint density at radius 2 is 1.62 bits per heavy atom. The molecule has 24 heavy (non-hydrogen) atoms. The monoisotopic (exact) mass is 348 g/mol. The second kappa shape index (κ2) is 10.5. The van der Waals surface area contributed by atoms with Gasteiger partial charge in [0.1, 0.15) is 11.5 Å². The molecule has 0 saturated heterocycles. The fourth-order valence-corrected chi connectivity index (χ4v) is 3.13. The van der Waals surface area contributed by atoms with Crippen LogP contribution in [0.25, 0.3) is 10.8 Å². The molecule has 0 aliphatic rings. The Kier molecular flexibility index (Phi) is 8.24. The highest BCUT2D eigenvalue weighted by Crippen LogP contribution is 2.30. The molecule has 0 radical (unpaired) electrons. The number of fused-ring (bicyclic) bond motifs is 1. The van der Waals surface area contributed by atoms with E-state index >= 15 is 0 Å². The van der Waals surface area contributed by atoms with Crippen LogP contribution in [0.1, 0.15) is 51.0 Å². The molecule has 2 aromatic rings. The summed E-state index contributed by atoms with van der Waals surface area (Å²) in [7, 11) is 0. The van der Waals surface area contributed by atoms with E-state index in [1.807, 2.05) is 13.0 Å². The molecular formula is C21H29ClO2. The lowest BCUT2D eigenvalue weighted by molar-refractivity contribution is 0.305. The summed E-state index contributed by atoms with van der Waals surface area (Å²) >= 11 is 5.68. The van der Waals surface area contributed by atoms with Crippen molar-refractivity contribution in [2.75, 3.05) is 19.1 Å². The maximum absolute atomic E-state index is 5.91. The van der Waals surface area contributed by atoms with Gasteiger partial charge in [-0.3, -0.25) is 0 Å². The van der Waals surface area contributed by atoms with E-state index in [2.05, 4.69) is 31.2 Å². The number of ether oxygens (including phenoxy) is 2. The van der Waals surface area contributed by atoms with Crippen molar-refractivity contribution in [3.05, 3.63) is 35.9 Å². The summed E-state index contributed by atoms with van der Waals surface area (Å²) in [5, 5.41) is 2.43. The first-order valence-corrected chi connectivity index (χ1v) is 9.64. The van der Waals surface area contributed by atoms with Crippen molar-refractivity contribution in [3.8, 4) is 11.5 Å². The molecule has 0 aliphatic carbocycles. The zero-order valence-electron chi connectivity index (χ0n) is 14.9. The first kappa shape index (κ1) is 18.9. The molecule has 2 rings (SSSR count). The van der Waals surface area contributed by atoms with Gasteiger partial charge in [-0.25, -0.2) is 0 Å². The minimum atomic E-state index is 0.694. The summed E-state index contributed by atoms with van der Waals surface area (Å²) in [6.45, 7) is 5.60. The Hall–Kier alpha value is -1.41. The van der Waals surface area contributed by atoms with Crippen LogP contribution in [-0.4, -0.2) is 19.1 Å². The van der Waals surface area contributed by atoms with E-state index in [0.717, 1.165) is 36.8 Å². The number of halogens is 1. The molecule has 0 atom stereocenters. The second-order valence-electron chi connectivity index (χ2n) is 6.16. The van der Waals surface area contributed by atoms with Gasteiger partial charge in [-0.2, -0.15) is 0 Å². The van der Waals surface area contributed by atoms with Gasteiger partial charge in [0.2, 0.25) is 0 Å². The standard InChI is InChI=1S/C21H29ClO2/c1-3-23-21-13-10-18-16-19(11-12-20(18)17(21)2)24-15-9-7-5-4-6-8-14-22/h10-13,16H,3-9,14-15H2,1-2H3. The molecule has 3 heteroatoms. The van der Waals surface area contributed by atoms with Crippen molar-refractivity contribution in [3.63, 3.8) is 0 Å². The van der Waals surface area contributed by atoms with Crippen molar-refractivity contribution in [2.24, 2.45) is 0 Å². The molecule has 0 bridgehead atoms. The predicted octanol–water partition coefficient (Wildman–Crippen LogP) is 6.51. The summed E-state index contributed by atoms with van der Waals surface area (Å²) < 4.78 is 11.6. The minimum Gasteiger partial charge on any atom is -0.494 e. The van der Waals surface area contributed by atoms with E-state index in [0.29, 0.717) is 6.61 Å². The van der Waals surface area contributed by atoms with Crippen LogP contribution in [0.4, 0.5) is 0 Å². The highest BCUT2D eigenvalue weighted by atomic mass is 35.5. The Morgan fingerprint density at radius 3 is 2.38 bits per heavy atom. The van der Waals surface area contributed by atoms with Gasteiger partial charge in [-0.05, 0) is 61.2 Å². The number of hydrogen-bond donors (Lipinski definition) is 0. The summed E-state index contributed by atoms with van der Waals surface area (Å²) in [5.74, 6) is 2.71. The maximum Gasteiger partial charge on any atom is 0.122 e. The second-order valence-corrected chi connectivity index (χ2v) is 6.54. The molecule has 0 fully saturated rings. The van der Waals surface area contributed by atoms with Crippen LogP contribution in [-0.2, 0) is 0 Å². The van der Waals surface area contributed by atoms with Crippen molar-refractivity contribution >= 4 is 22.4 Å². The maximum atomic E-state index is 5.91. The van der Waals surface area contributed by atoms with Gasteiger partial charge >= 0.3 is 0 Å².